The first-order valence-corrected chi connectivity index (χ1v) is 17.1. The molecule has 0 saturated carbocycles. The number of likely N-dealkylation sites (tertiary alicyclic amines) is 1. The van der Waals surface area contributed by atoms with Crippen LogP contribution in [0.1, 0.15) is 18.4 Å². The number of hydrogen-bond acceptors (Lipinski definition) is 8. The van der Waals surface area contributed by atoms with Crippen molar-refractivity contribution >= 4 is 54.7 Å². The highest BCUT2D eigenvalue weighted by Gasteiger charge is 2.30. The maximum atomic E-state index is 13.6. The first-order chi connectivity index (χ1) is 21.7. The molecule has 2 amide bonds. The number of fused-ring (bicyclic) bond motifs is 1. The molecule has 3 heterocycles. The standard InChI is InChI=1S/C32H31FN6O4S2/c1-45(41,42)37-25-7-10-28(11-8-25)43-31-13-2-22(19-34-31)20-38-16-14-26(15-17-38)39(27-9-12-29-30(18-27)44-21-35-29)32(40)36-24-5-3-23(33)4-6-24/h2-13,18-19,21,26,37H,14-17,20H2,1H3,(H,36,40). The van der Waals surface area contributed by atoms with Crippen LogP contribution in [0.4, 0.5) is 26.2 Å². The van der Waals surface area contributed by atoms with Gasteiger partial charge in [0.1, 0.15) is 11.6 Å². The zero-order chi connectivity index (χ0) is 31.4. The zero-order valence-electron chi connectivity index (χ0n) is 24.4. The first-order valence-electron chi connectivity index (χ1n) is 14.3. The molecule has 0 aliphatic carbocycles. The van der Waals surface area contributed by atoms with E-state index in [1.807, 2.05) is 35.2 Å². The van der Waals surface area contributed by atoms with Gasteiger partial charge in [0.05, 0.1) is 22.0 Å². The molecule has 2 N–H and O–H groups in total. The molecule has 0 radical (unpaired) electrons. The Kier molecular flexibility index (Phi) is 8.92. The Morgan fingerprint density at radius 2 is 1.73 bits per heavy atom. The van der Waals surface area contributed by atoms with E-state index in [0.717, 1.165) is 53.7 Å². The van der Waals surface area contributed by atoms with Crippen LogP contribution >= 0.6 is 11.3 Å². The Labute approximate surface area is 264 Å². The van der Waals surface area contributed by atoms with Crippen molar-refractivity contribution in [3.05, 3.63) is 102 Å². The van der Waals surface area contributed by atoms with Gasteiger partial charge in [-0.25, -0.2) is 27.6 Å². The summed E-state index contributed by atoms with van der Waals surface area (Å²) >= 11 is 1.53. The number of pyridine rings is 1. The number of benzene rings is 3. The number of sulfonamides is 1. The van der Waals surface area contributed by atoms with E-state index >= 15 is 0 Å². The van der Waals surface area contributed by atoms with Gasteiger partial charge in [0, 0.05) is 55.0 Å². The van der Waals surface area contributed by atoms with E-state index < -0.39 is 10.0 Å². The fourth-order valence-electron chi connectivity index (χ4n) is 5.29. The van der Waals surface area contributed by atoms with Crippen LogP contribution in [0.25, 0.3) is 10.2 Å². The maximum absolute atomic E-state index is 13.6. The van der Waals surface area contributed by atoms with Gasteiger partial charge >= 0.3 is 6.03 Å². The number of rotatable bonds is 9. The van der Waals surface area contributed by atoms with Crippen LogP contribution in [0, 0.1) is 5.82 Å². The van der Waals surface area contributed by atoms with Crippen molar-refractivity contribution in [2.45, 2.75) is 25.4 Å². The summed E-state index contributed by atoms with van der Waals surface area (Å²) in [5, 5.41) is 2.94. The van der Waals surface area contributed by atoms with Crippen molar-refractivity contribution in [1.82, 2.24) is 14.9 Å². The van der Waals surface area contributed by atoms with Crippen LogP contribution in [0.5, 0.6) is 11.6 Å². The first kappa shape index (κ1) is 30.4. The second-order valence-corrected chi connectivity index (χ2v) is 13.5. The number of anilines is 3. The Bertz CT molecular complexity index is 1880. The van der Waals surface area contributed by atoms with Crippen LogP contribution < -0.4 is 19.7 Å². The molecule has 1 aliphatic heterocycles. The second-order valence-electron chi connectivity index (χ2n) is 10.8. The van der Waals surface area contributed by atoms with Gasteiger partial charge in [-0.2, -0.15) is 0 Å². The smallest absolute Gasteiger partial charge is 0.326 e. The molecule has 0 spiro atoms. The second kappa shape index (κ2) is 13.2. The number of carbonyl (C=O) groups is 1. The molecule has 5 aromatic rings. The number of nitrogens with zero attached hydrogens (tertiary/aromatic N) is 4. The van der Waals surface area contributed by atoms with Gasteiger partial charge in [0.2, 0.25) is 15.9 Å². The zero-order valence-corrected chi connectivity index (χ0v) is 26.0. The topological polar surface area (TPSA) is 117 Å². The van der Waals surface area contributed by atoms with E-state index in [9.17, 15) is 17.6 Å². The van der Waals surface area contributed by atoms with Crippen molar-refractivity contribution < 1.29 is 22.3 Å². The van der Waals surface area contributed by atoms with Crippen molar-refractivity contribution in [3.63, 3.8) is 0 Å². The van der Waals surface area contributed by atoms with E-state index in [-0.39, 0.29) is 17.9 Å². The number of thiazole rings is 1. The van der Waals surface area contributed by atoms with E-state index in [1.54, 1.807) is 48.1 Å². The Morgan fingerprint density at radius 1 is 1.00 bits per heavy atom. The summed E-state index contributed by atoms with van der Waals surface area (Å²) in [4.78, 5) is 26.6. The average molecular weight is 647 g/mol. The molecule has 232 valence electrons. The van der Waals surface area contributed by atoms with E-state index in [1.165, 1.54) is 23.5 Å². The van der Waals surface area contributed by atoms with Crippen molar-refractivity contribution in [2.24, 2.45) is 0 Å². The largest absolute Gasteiger partial charge is 0.439 e. The highest BCUT2D eigenvalue weighted by atomic mass is 32.2. The number of hydrogen-bond donors (Lipinski definition) is 2. The summed E-state index contributed by atoms with van der Waals surface area (Å²) in [6.07, 6.45) is 4.43. The van der Waals surface area contributed by atoms with E-state index in [2.05, 4.69) is 24.9 Å². The Hall–Kier alpha value is -4.59. The number of amides is 2. The maximum Gasteiger partial charge on any atom is 0.326 e. The average Bonchev–Trinajstić information content (AvgIpc) is 3.49. The molecule has 1 aliphatic rings. The number of nitrogens with one attached hydrogen (secondary N) is 2. The predicted octanol–water partition coefficient (Wildman–Crippen LogP) is 6.70. The molecule has 1 fully saturated rings. The van der Waals surface area contributed by atoms with Crippen molar-refractivity contribution in [3.8, 4) is 11.6 Å². The lowest BCUT2D eigenvalue weighted by Crippen LogP contribution is -2.49. The number of ether oxygens (including phenoxy) is 1. The number of aromatic nitrogens is 2. The summed E-state index contributed by atoms with van der Waals surface area (Å²) in [5.41, 5.74) is 5.50. The molecule has 13 heteroatoms. The molecule has 10 nitrogen and oxygen atoms in total. The lowest BCUT2D eigenvalue weighted by molar-refractivity contribution is 0.199. The minimum absolute atomic E-state index is 0.0278. The molecule has 0 bridgehead atoms. The van der Waals surface area contributed by atoms with Gasteiger partial charge in [0.15, 0.2) is 0 Å². The predicted molar refractivity (Wildman–Crippen MR) is 175 cm³/mol. The molecule has 3 aromatic carbocycles. The Morgan fingerprint density at radius 3 is 2.42 bits per heavy atom. The van der Waals surface area contributed by atoms with Crippen LogP contribution in [0.15, 0.2) is 90.6 Å². The minimum Gasteiger partial charge on any atom is -0.439 e. The summed E-state index contributed by atoms with van der Waals surface area (Å²) in [5.74, 6) is 0.613. The third kappa shape index (κ3) is 7.93. The van der Waals surface area contributed by atoms with Crippen molar-refractivity contribution in [2.75, 3.05) is 34.3 Å². The number of piperidine rings is 1. The normalized spacial score (nSPS) is 14.3. The molecule has 0 unspecified atom stereocenters. The minimum atomic E-state index is -3.35. The lowest BCUT2D eigenvalue weighted by Gasteiger charge is -2.38. The third-order valence-electron chi connectivity index (χ3n) is 7.41. The van der Waals surface area contributed by atoms with E-state index in [0.29, 0.717) is 29.5 Å². The third-order valence-corrected chi connectivity index (χ3v) is 8.81. The highest BCUT2D eigenvalue weighted by molar-refractivity contribution is 7.92. The molecular formula is C32H31FN6O4S2. The molecule has 2 aromatic heterocycles. The molecular weight excluding hydrogens is 616 g/mol. The van der Waals surface area contributed by atoms with E-state index in [4.69, 9.17) is 4.74 Å². The Balaban J connectivity index is 1.08. The van der Waals surface area contributed by atoms with Crippen molar-refractivity contribution in [1.29, 1.82) is 0 Å². The molecule has 0 atom stereocenters. The summed E-state index contributed by atoms with van der Waals surface area (Å²) < 4.78 is 45.5. The lowest BCUT2D eigenvalue weighted by atomic mass is 10.0. The fourth-order valence-corrected chi connectivity index (χ4v) is 6.56. The SMILES string of the molecule is CS(=O)(=O)Nc1ccc(Oc2ccc(CN3CCC(N(C(=O)Nc4ccc(F)cc4)c4ccc5ncsc5c4)CC3)cn2)cc1. The van der Waals surface area contributed by atoms with Gasteiger partial charge in [-0.05, 0) is 85.1 Å². The monoisotopic (exact) mass is 646 g/mol. The summed E-state index contributed by atoms with van der Waals surface area (Å²) in [7, 11) is -3.35. The van der Waals surface area contributed by atoms with Crippen LogP contribution in [0.2, 0.25) is 0 Å². The highest BCUT2D eigenvalue weighted by Crippen LogP contribution is 2.30. The van der Waals surface area contributed by atoms with Crippen LogP contribution in [0.3, 0.4) is 0 Å². The number of urea groups is 1. The van der Waals surface area contributed by atoms with Gasteiger partial charge in [-0.3, -0.25) is 14.5 Å². The number of halogens is 1. The quantitative estimate of drug-likeness (QED) is 0.183. The van der Waals surface area contributed by atoms with Gasteiger partial charge in [0.25, 0.3) is 0 Å². The summed E-state index contributed by atoms with van der Waals surface area (Å²) in [6, 6.07) is 21.7. The molecule has 6 rings (SSSR count). The van der Waals surface area contributed by atoms with Crippen LogP contribution in [-0.4, -0.2) is 54.7 Å². The van der Waals surface area contributed by atoms with Crippen LogP contribution in [-0.2, 0) is 16.6 Å². The summed E-state index contributed by atoms with van der Waals surface area (Å²) in [6.45, 7) is 2.29. The van der Waals surface area contributed by atoms with Gasteiger partial charge in [-0.15, -0.1) is 11.3 Å². The molecule has 45 heavy (non-hydrogen) atoms. The fraction of sp³-hybridized carbons (Fsp3) is 0.219. The van der Waals surface area contributed by atoms with Gasteiger partial charge in [-0.1, -0.05) is 6.07 Å². The van der Waals surface area contributed by atoms with Gasteiger partial charge < -0.3 is 10.1 Å². The molecule has 1 saturated heterocycles. The number of carbonyl (C=O) groups excluding carboxylic acids is 1.